The highest BCUT2D eigenvalue weighted by molar-refractivity contribution is 7.08. The van der Waals surface area contributed by atoms with Crippen LogP contribution in [0.3, 0.4) is 0 Å². The predicted octanol–water partition coefficient (Wildman–Crippen LogP) is 3.73. The average Bonchev–Trinajstić information content (AvgIpc) is 3.28. The molecule has 0 aliphatic carbocycles. The maximum atomic E-state index is 13.2. The van der Waals surface area contributed by atoms with Crippen LogP contribution in [0.5, 0.6) is 5.75 Å². The number of carbonyl (C=O) groups is 2. The summed E-state index contributed by atoms with van der Waals surface area (Å²) >= 11 is 1.42. The van der Waals surface area contributed by atoms with Crippen LogP contribution in [0, 0.1) is 5.82 Å². The second kappa shape index (κ2) is 9.84. The zero-order chi connectivity index (χ0) is 20.6. The van der Waals surface area contributed by atoms with Crippen LogP contribution in [-0.4, -0.2) is 25.5 Å². The third-order valence-corrected chi connectivity index (χ3v) is 5.08. The zero-order valence-electron chi connectivity index (χ0n) is 15.9. The Kier molecular flexibility index (Phi) is 6.97. The molecule has 5 nitrogen and oxygen atoms in total. The first-order valence-electron chi connectivity index (χ1n) is 9.03. The van der Waals surface area contributed by atoms with Crippen LogP contribution in [0.1, 0.15) is 27.5 Å². The highest BCUT2D eigenvalue weighted by Crippen LogP contribution is 2.21. The van der Waals surface area contributed by atoms with Gasteiger partial charge in [0.05, 0.1) is 19.7 Å². The number of ether oxygens (including phenoxy) is 1. The lowest BCUT2D eigenvalue weighted by Crippen LogP contribution is -2.39. The van der Waals surface area contributed by atoms with E-state index in [0.717, 1.165) is 11.1 Å². The van der Waals surface area contributed by atoms with Gasteiger partial charge in [0.15, 0.2) is 0 Å². The summed E-state index contributed by atoms with van der Waals surface area (Å²) in [5.41, 5.74) is 2.29. The molecule has 150 valence electrons. The van der Waals surface area contributed by atoms with Gasteiger partial charge in [-0.15, -0.1) is 0 Å². The lowest BCUT2D eigenvalue weighted by molar-refractivity contribution is -0.120. The van der Waals surface area contributed by atoms with Gasteiger partial charge in [0.25, 0.3) is 5.91 Å². The number of rotatable bonds is 8. The fourth-order valence-corrected chi connectivity index (χ4v) is 3.48. The molecule has 0 aliphatic rings. The Labute approximate surface area is 172 Å². The summed E-state index contributed by atoms with van der Waals surface area (Å²) in [4.78, 5) is 24.5. The second-order valence-corrected chi connectivity index (χ2v) is 7.20. The lowest BCUT2D eigenvalue weighted by Gasteiger charge is -2.20. The second-order valence-electron chi connectivity index (χ2n) is 6.42. The molecule has 29 heavy (non-hydrogen) atoms. The minimum Gasteiger partial charge on any atom is -0.497 e. The molecule has 3 aromatic rings. The third-order valence-electron chi connectivity index (χ3n) is 4.40. The molecular formula is C22H21FN2O3S. The van der Waals surface area contributed by atoms with E-state index in [1.165, 1.54) is 23.5 Å². The molecule has 0 spiro atoms. The molecule has 2 aromatic carbocycles. The first-order chi connectivity index (χ1) is 14.0. The minimum absolute atomic E-state index is 0.134. The molecule has 7 heteroatoms. The monoisotopic (exact) mass is 412 g/mol. The summed E-state index contributed by atoms with van der Waals surface area (Å²) in [7, 11) is 1.59. The molecule has 0 fully saturated rings. The molecule has 0 aliphatic heterocycles. The summed E-state index contributed by atoms with van der Waals surface area (Å²) in [6.45, 7) is -0.134. The van der Waals surface area contributed by atoms with Crippen molar-refractivity contribution >= 4 is 23.2 Å². The molecular weight excluding hydrogens is 391 g/mol. The van der Waals surface area contributed by atoms with E-state index in [4.69, 9.17) is 4.74 Å². The molecule has 1 heterocycles. The highest BCUT2D eigenvalue weighted by atomic mass is 32.1. The van der Waals surface area contributed by atoms with Gasteiger partial charge in [-0.3, -0.25) is 9.59 Å². The number of hydrogen-bond acceptors (Lipinski definition) is 4. The van der Waals surface area contributed by atoms with Gasteiger partial charge in [-0.25, -0.2) is 4.39 Å². The molecule has 0 bridgehead atoms. The van der Waals surface area contributed by atoms with Crippen LogP contribution in [-0.2, 0) is 11.2 Å². The number of amides is 2. The van der Waals surface area contributed by atoms with E-state index >= 15 is 0 Å². The van der Waals surface area contributed by atoms with Crippen molar-refractivity contribution in [3.05, 3.63) is 87.9 Å². The van der Waals surface area contributed by atoms with E-state index in [1.54, 1.807) is 36.1 Å². The summed E-state index contributed by atoms with van der Waals surface area (Å²) in [6.07, 6.45) is 0.483. The number of methoxy groups -OCH3 is 1. The van der Waals surface area contributed by atoms with Gasteiger partial charge in [0.2, 0.25) is 5.91 Å². The van der Waals surface area contributed by atoms with E-state index in [9.17, 15) is 14.0 Å². The molecule has 0 saturated carbocycles. The van der Waals surface area contributed by atoms with E-state index in [2.05, 4.69) is 10.6 Å². The Bertz CT molecular complexity index is 941. The van der Waals surface area contributed by atoms with Crippen LogP contribution in [0.2, 0.25) is 0 Å². The lowest BCUT2D eigenvalue weighted by atomic mass is 9.98. The first-order valence-corrected chi connectivity index (χ1v) is 9.97. The van der Waals surface area contributed by atoms with E-state index in [0.29, 0.717) is 17.7 Å². The van der Waals surface area contributed by atoms with E-state index in [-0.39, 0.29) is 30.2 Å². The van der Waals surface area contributed by atoms with Gasteiger partial charge in [0.1, 0.15) is 11.6 Å². The van der Waals surface area contributed by atoms with Crippen molar-refractivity contribution in [3.8, 4) is 5.75 Å². The van der Waals surface area contributed by atoms with E-state index < -0.39 is 0 Å². The Hall–Kier alpha value is -3.19. The fourth-order valence-electron chi connectivity index (χ4n) is 2.85. The van der Waals surface area contributed by atoms with Gasteiger partial charge in [-0.2, -0.15) is 11.3 Å². The van der Waals surface area contributed by atoms with Crippen LogP contribution >= 0.6 is 11.3 Å². The van der Waals surface area contributed by atoms with Crippen molar-refractivity contribution in [2.45, 2.75) is 12.5 Å². The standard InChI is InChI=1S/C22H21FN2O3S/c1-28-19-8-4-16(5-9-19)20(12-15-2-6-18(23)7-3-15)25-21(26)13-24-22(27)17-10-11-29-14-17/h2-11,14,20H,12-13H2,1H3,(H,24,27)(H,25,26). The number of thiophene rings is 1. The van der Waals surface area contributed by atoms with Gasteiger partial charge >= 0.3 is 0 Å². The zero-order valence-corrected chi connectivity index (χ0v) is 16.7. The number of halogens is 1. The Morgan fingerprint density at radius 3 is 2.41 bits per heavy atom. The van der Waals surface area contributed by atoms with Crippen molar-refractivity contribution in [2.75, 3.05) is 13.7 Å². The smallest absolute Gasteiger partial charge is 0.252 e. The number of benzene rings is 2. The number of hydrogen-bond donors (Lipinski definition) is 2. The normalized spacial score (nSPS) is 11.5. The van der Waals surface area contributed by atoms with Crippen molar-refractivity contribution in [3.63, 3.8) is 0 Å². The Balaban J connectivity index is 1.68. The molecule has 1 unspecified atom stereocenters. The Morgan fingerprint density at radius 2 is 1.79 bits per heavy atom. The molecule has 2 N–H and O–H groups in total. The van der Waals surface area contributed by atoms with Crippen molar-refractivity contribution in [2.24, 2.45) is 0 Å². The van der Waals surface area contributed by atoms with Crippen molar-refractivity contribution in [1.29, 1.82) is 0 Å². The maximum absolute atomic E-state index is 13.2. The van der Waals surface area contributed by atoms with Crippen molar-refractivity contribution < 1.29 is 18.7 Å². The van der Waals surface area contributed by atoms with Crippen LogP contribution in [0.25, 0.3) is 0 Å². The summed E-state index contributed by atoms with van der Waals surface area (Å²) in [6, 6.07) is 14.9. The fraction of sp³-hybridized carbons (Fsp3) is 0.182. The van der Waals surface area contributed by atoms with Crippen LogP contribution in [0.4, 0.5) is 4.39 Å². The molecule has 1 aromatic heterocycles. The summed E-state index contributed by atoms with van der Waals surface area (Å²) in [5, 5.41) is 9.09. The minimum atomic E-state index is -0.336. The largest absolute Gasteiger partial charge is 0.497 e. The van der Waals surface area contributed by atoms with Crippen LogP contribution < -0.4 is 15.4 Å². The quantitative estimate of drug-likeness (QED) is 0.593. The Morgan fingerprint density at radius 1 is 1.07 bits per heavy atom. The van der Waals surface area contributed by atoms with Gasteiger partial charge in [-0.1, -0.05) is 24.3 Å². The summed E-state index contributed by atoms with van der Waals surface area (Å²) < 4.78 is 18.4. The molecule has 2 amide bonds. The van der Waals surface area contributed by atoms with E-state index in [1.807, 2.05) is 24.3 Å². The first kappa shape index (κ1) is 20.5. The third kappa shape index (κ3) is 5.89. The number of nitrogens with one attached hydrogen (secondary N) is 2. The molecule has 0 radical (unpaired) electrons. The number of carbonyl (C=O) groups excluding carboxylic acids is 2. The highest BCUT2D eigenvalue weighted by Gasteiger charge is 2.17. The maximum Gasteiger partial charge on any atom is 0.252 e. The predicted molar refractivity (Wildman–Crippen MR) is 111 cm³/mol. The van der Waals surface area contributed by atoms with Gasteiger partial charge < -0.3 is 15.4 Å². The molecule has 1 atom stereocenters. The SMILES string of the molecule is COc1ccc(C(Cc2ccc(F)cc2)NC(=O)CNC(=O)c2ccsc2)cc1. The average molecular weight is 412 g/mol. The van der Waals surface area contributed by atoms with Crippen LogP contribution in [0.15, 0.2) is 65.4 Å². The molecule has 0 saturated heterocycles. The van der Waals surface area contributed by atoms with Crippen molar-refractivity contribution in [1.82, 2.24) is 10.6 Å². The summed E-state index contributed by atoms with van der Waals surface area (Å²) in [5.74, 6) is -0.198. The van der Waals surface area contributed by atoms with Gasteiger partial charge in [-0.05, 0) is 53.3 Å². The topological polar surface area (TPSA) is 67.4 Å². The van der Waals surface area contributed by atoms with Gasteiger partial charge in [0, 0.05) is 10.9 Å². The molecule has 3 rings (SSSR count).